The number of anilines is 3. The highest BCUT2D eigenvalue weighted by Crippen LogP contribution is 2.39. The Morgan fingerprint density at radius 3 is 2.58 bits per heavy atom. The first-order chi connectivity index (χ1) is 19.6. The van der Waals surface area contributed by atoms with Crippen LogP contribution in [0.15, 0.2) is 30.9 Å². The number of benzene rings is 1. The number of aromatic nitrogens is 6. The van der Waals surface area contributed by atoms with Crippen LogP contribution in [0.25, 0.3) is 16.7 Å². The van der Waals surface area contributed by atoms with E-state index in [1.54, 1.807) is 33.9 Å². The van der Waals surface area contributed by atoms with Gasteiger partial charge < -0.3 is 38.8 Å². The fourth-order valence-electron chi connectivity index (χ4n) is 5.48. The second kappa shape index (κ2) is 11.2. The monoisotopic (exact) mass is 550 g/mol. The summed E-state index contributed by atoms with van der Waals surface area (Å²) in [4.78, 5) is 16.4. The molecule has 5 heterocycles. The zero-order chi connectivity index (χ0) is 27.6. The Labute approximate surface area is 231 Å². The van der Waals surface area contributed by atoms with Gasteiger partial charge in [-0.2, -0.15) is 15.1 Å². The molecule has 212 valence electrons. The molecule has 0 amide bonds. The molecular formula is C27H34N8O5. The first kappa shape index (κ1) is 26.1. The minimum atomic E-state index is -0.173. The fourth-order valence-corrected chi connectivity index (χ4v) is 5.48. The molecule has 1 aromatic carbocycles. The number of fused-ring (bicyclic) bond motifs is 1. The van der Waals surface area contributed by atoms with E-state index >= 15 is 0 Å². The van der Waals surface area contributed by atoms with Crippen LogP contribution < -0.4 is 24.4 Å². The van der Waals surface area contributed by atoms with Crippen molar-refractivity contribution >= 4 is 28.6 Å². The lowest BCUT2D eigenvalue weighted by atomic mass is 10.2. The summed E-state index contributed by atoms with van der Waals surface area (Å²) >= 11 is 0. The lowest BCUT2D eigenvalue weighted by Gasteiger charge is -2.26. The van der Waals surface area contributed by atoms with Crippen LogP contribution in [0.4, 0.5) is 17.6 Å². The smallest absolute Gasteiger partial charge is 0.232 e. The third kappa shape index (κ3) is 4.75. The number of hydrogen-bond acceptors (Lipinski definition) is 11. The minimum Gasteiger partial charge on any atom is -0.493 e. The SMILES string of the molecule is COc1cc(-n2cnc(Nc3nc(N4CCC[C@H]4CO)c4cnn(C5CCCCO5)c4n3)c2)cc(OC)c1OC. The van der Waals surface area contributed by atoms with Gasteiger partial charge in [0, 0.05) is 25.3 Å². The number of nitrogens with one attached hydrogen (secondary N) is 1. The molecule has 1 unspecified atom stereocenters. The number of rotatable bonds is 9. The van der Waals surface area contributed by atoms with Crippen molar-refractivity contribution in [3.8, 4) is 22.9 Å². The van der Waals surface area contributed by atoms with Crippen molar-refractivity contribution in [3.05, 3.63) is 30.9 Å². The van der Waals surface area contributed by atoms with Crippen LogP contribution in [0.5, 0.6) is 17.2 Å². The average Bonchev–Trinajstić information content (AvgIpc) is 3.76. The van der Waals surface area contributed by atoms with Gasteiger partial charge in [0.25, 0.3) is 0 Å². The molecule has 2 atom stereocenters. The van der Waals surface area contributed by atoms with Gasteiger partial charge in [-0.3, -0.25) is 0 Å². The van der Waals surface area contributed by atoms with Gasteiger partial charge in [0.1, 0.15) is 12.1 Å². The van der Waals surface area contributed by atoms with Crippen molar-refractivity contribution in [1.82, 2.24) is 29.3 Å². The molecular weight excluding hydrogens is 516 g/mol. The molecule has 4 aromatic rings. The van der Waals surface area contributed by atoms with E-state index in [0.717, 1.165) is 55.5 Å². The van der Waals surface area contributed by atoms with Gasteiger partial charge in [-0.1, -0.05) is 0 Å². The quantitative estimate of drug-likeness (QED) is 0.317. The summed E-state index contributed by atoms with van der Waals surface area (Å²) in [5, 5.41) is 18.8. The van der Waals surface area contributed by atoms with Gasteiger partial charge in [-0.05, 0) is 32.1 Å². The zero-order valence-electron chi connectivity index (χ0n) is 22.9. The standard InChI is InChI=1S/C27H34N8O5/c1-37-20-11-18(12-21(38-2)24(20)39-3)33-14-22(28-16-33)30-27-31-25(34-9-6-7-17(34)15-36)19-13-29-35(26(19)32-27)23-8-4-5-10-40-23/h11-14,16-17,23,36H,4-10,15H2,1-3H3,(H,30,31,32)/t17-,23?/m0/s1. The van der Waals surface area contributed by atoms with E-state index in [1.165, 1.54) is 0 Å². The third-order valence-electron chi connectivity index (χ3n) is 7.49. The van der Waals surface area contributed by atoms with Crippen molar-refractivity contribution in [1.29, 1.82) is 0 Å². The normalized spacial score (nSPS) is 19.2. The van der Waals surface area contributed by atoms with E-state index in [1.807, 2.05) is 27.6 Å². The molecule has 40 heavy (non-hydrogen) atoms. The van der Waals surface area contributed by atoms with E-state index < -0.39 is 0 Å². The number of nitrogens with zero attached hydrogens (tertiary/aromatic N) is 7. The molecule has 6 rings (SSSR count). The van der Waals surface area contributed by atoms with Crippen LogP contribution in [0, 0.1) is 0 Å². The second-order valence-corrected chi connectivity index (χ2v) is 9.87. The van der Waals surface area contributed by atoms with Crippen molar-refractivity contribution in [2.24, 2.45) is 0 Å². The maximum atomic E-state index is 10.0. The van der Waals surface area contributed by atoms with Gasteiger partial charge in [0.05, 0.1) is 57.4 Å². The molecule has 2 aliphatic rings. The number of aliphatic hydroxyl groups is 1. The second-order valence-electron chi connectivity index (χ2n) is 9.87. The maximum absolute atomic E-state index is 10.0. The molecule has 3 aromatic heterocycles. The molecule has 13 nitrogen and oxygen atoms in total. The Balaban J connectivity index is 1.36. The number of imidazole rings is 1. The first-order valence-electron chi connectivity index (χ1n) is 13.5. The van der Waals surface area contributed by atoms with Crippen LogP contribution in [0.2, 0.25) is 0 Å². The molecule has 0 spiro atoms. The summed E-state index contributed by atoms with van der Waals surface area (Å²) in [6.45, 7) is 1.57. The summed E-state index contributed by atoms with van der Waals surface area (Å²) in [5.74, 6) is 3.29. The van der Waals surface area contributed by atoms with Crippen LogP contribution >= 0.6 is 0 Å². The molecule has 2 aliphatic heterocycles. The predicted molar refractivity (Wildman–Crippen MR) is 148 cm³/mol. The first-order valence-corrected chi connectivity index (χ1v) is 13.5. The summed E-state index contributed by atoms with van der Waals surface area (Å²) in [5.41, 5.74) is 1.47. The van der Waals surface area contributed by atoms with E-state index in [4.69, 9.17) is 28.9 Å². The van der Waals surface area contributed by atoms with Crippen LogP contribution in [0.1, 0.15) is 38.3 Å². The Morgan fingerprint density at radius 2 is 1.88 bits per heavy atom. The molecule has 0 bridgehead atoms. The van der Waals surface area contributed by atoms with Gasteiger partial charge in [0.15, 0.2) is 29.2 Å². The van der Waals surface area contributed by atoms with Crippen LogP contribution in [-0.4, -0.2) is 81.5 Å². The fraction of sp³-hybridized carbons (Fsp3) is 0.481. The summed E-state index contributed by atoms with van der Waals surface area (Å²) < 4.78 is 26.2. The largest absolute Gasteiger partial charge is 0.493 e. The van der Waals surface area contributed by atoms with Gasteiger partial charge in [-0.15, -0.1) is 0 Å². The Bertz CT molecular complexity index is 1460. The molecule has 2 N–H and O–H groups in total. The lowest BCUT2D eigenvalue weighted by Crippen LogP contribution is -2.33. The molecule has 2 fully saturated rings. The Kier molecular flexibility index (Phi) is 7.30. The van der Waals surface area contributed by atoms with Gasteiger partial charge >= 0.3 is 0 Å². The number of ether oxygens (including phenoxy) is 4. The Morgan fingerprint density at radius 1 is 1.05 bits per heavy atom. The van der Waals surface area contributed by atoms with E-state index in [9.17, 15) is 5.11 Å². The van der Waals surface area contributed by atoms with Gasteiger partial charge in [0.2, 0.25) is 11.7 Å². The van der Waals surface area contributed by atoms with E-state index in [-0.39, 0.29) is 18.9 Å². The molecule has 2 saturated heterocycles. The number of methoxy groups -OCH3 is 3. The third-order valence-corrected chi connectivity index (χ3v) is 7.49. The maximum Gasteiger partial charge on any atom is 0.232 e. The Hall–Kier alpha value is -4.10. The minimum absolute atomic E-state index is 0.000489. The molecule has 0 aliphatic carbocycles. The molecule has 13 heteroatoms. The van der Waals surface area contributed by atoms with Crippen molar-refractivity contribution in [2.75, 3.05) is 51.3 Å². The molecule has 0 saturated carbocycles. The number of hydrogen-bond donors (Lipinski definition) is 2. The summed E-state index contributed by atoms with van der Waals surface area (Å²) in [7, 11) is 4.73. The summed E-state index contributed by atoms with van der Waals surface area (Å²) in [6, 6.07) is 3.69. The topological polar surface area (TPSA) is 134 Å². The van der Waals surface area contributed by atoms with Crippen LogP contribution in [0.3, 0.4) is 0 Å². The van der Waals surface area contributed by atoms with Crippen molar-refractivity contribution in [2.45, 2.75) is 44.4 Å². The van der Waals surface area contributed by atoms with Crippen LogP contribution in [-0.2, 0) is 4.74 Å². The highest BCUT2D eigenvalue weighted by atomic mass is 16.5. The van der Waals surface area contributed by atoms with E-state index in [0.29, 0.717) is 41.3 Å². The number of aliphatic hydroxyl groups excluding tert-OH is 1. The van der Waals surface area contributed by atoms with Crippen molar-refractivity contribution < 1.29 is 24.1 Å². The zero-order valence-corrected chi connectivity index (χ0v) is 22.9. The van der Waals surface area contributed by atoms with Gasteiger partial charge in [-0.25, -0.2) is 9.67 Å². The molecule has 0 radical (unpaired) electrons. The van der Waals surface area contributed by atoms with E-state index in [2.05, 4.69) is 20.3 Å². The predicted octanol–water partition coefficient (Wildman–Crippen LogP) is 3.44. The summed E-state index contributed by atoms with van der Waals surface area (Å²) in [6.07, 6.45) is 10.0. The highest BCUT2D eigenvalue weighted by Gasteiger charge is 2.29. The van der Waals surface area contributed by atoms with Crippen molar-refractivity contribution in [3.63, 3.8) is 0 Å². The highest BCUT2D eigenvalue weighted by molar-refractivity contribution is 5.88. The lowest BCUT2D eigenvalue weighted by molar-refractivity contribution is -0.0370. The average molecular weight is 551 g/mol.